The molecule has 1 N–H and O–H groups in total. The van der Waals surface area contributed by atoms with Gasteiger partial charge in [-0.2, -0.15) is 0 Å². The van der Waals surface area contributed by atoms with E-state index in [0.29, 0.717) is 12.0 Å². The van der Waals surface area contributed by atoms with Gasteiger partial charge in [0.25, 0.3) is 15.9 Å². The predicted molar refractivity (Wildman–Crippen MR) is 128 cm³/mol. The Hall–Kier alpha value is -3.27. The Morgan fingerprint density at radius 2 is 1.74 bits per heavy atom. The van der Waals surface area contributed by atoms with Crippen LogP contribution in [0.4, 0.5) is 4.39 Å². The molecule has 35 heavy (non-hydrogen) atoms. The average Bonchev–Trinajstić information content (AvgIpc) is 3.00. The molecular formula is C25H30FN3O5S. The van der Waals surface area contributed by atoms with Gasteiger partial charge in [-0.25, -0.2) is 17.1 Å². The van der Waals surface area contributed by atoms with Crippen LogP contribution < -0.4 is 5.32 Å². The summed E-state index contributed by atoms with van der Waals surface area (Å²) >= 11 is 0. The summed E-state index contributed by atoms with van der Waals surface area (Å²) < 4.78 is 39.6. The Bertz CT molecular complexity index is 1200. The standard InChI is InChI=1S/C25H30FN3O5S/c1-4-21(24(31)27-17(2)3)28(16-18-11-13-19(26)14-12-18)23(30)10-7-15-29-25(32)20-8-5-6-9-22(20)35(29,33)34/h5-6,8-9,11-14,17,21H,4,7,10,15-16H2,1-3H3,(H,27,31). The van der Waals surface area contributed by atoms with E-state index in [9.17, 15) is 27.2 Å². The van der Waals surface area contributed by atoms with Crippen molar-refractivity contribution < 1.29 is 27.2 Å². The van der Waals surface area contributed by atoms with Crippen molar-refractivity contribution in [3.05, 3.63) is 65.5 Å². The molecular weight excluding hydrogens is 473 g/mol. The van der Waals surface area contributed by atoms with Crippen LogP contribution in [0.15, 0.2) is 53.4 Å². The maximum absolute atomic E-state index is 13.4. The Morgan fingerprint density at radius 3 is 2.34 bits per heavy atom. The van der Waals surface area contributed by atoms with Crippen molar-refractivity contribution in [2.75, 3.05) is 6.54 Å². The van der Waals surface area contributed by atoms with Gasteiger partial charge < -0.3 is 10.2 Å². The first kappa shape index (κ1) is 26.3. The van der Waals surface area contributed by atoms with Crippen molar-refractivity contribution in [2.24, 2.45) is 0 Å². The molecule has 1 aliphatic rings. The molecule has 0 bridgehead atoms. The zero-order chi connectivity index (χ0) is 25.8. The lowest BCUT2D eigenvalue weighted by Gasteiger charge is -2.31. The smallest absolute Gasteiger partial charge is 0.269 e. The molecule has 1 unspecified atom stereocenters. The highest BCUT2D eigenvalue weighted by atomic mass is 32.2. The first-order chi connectivity index (χ1) is 16.6. The number of nitrogens with zero attached hydrogens (tertiary/aromatic N) is 2. The number of amides is 3. The highest BCUT2D eigenvalue weighted by molar-refractivity contribution is 7.90. The van der Waals surface area contributed by atoms with Gasteiger partial charge in [0.1, 0.15) is 16.8 Å². The second kappa shape index (κ2) is 11.0. The van der Waals surface area contributed by atoms with E-state index in [1.165, 1.54) is 29.2 Å². The van der Waals surface area contributed by atoms with Gasteiger partial charge in [-0.05, 0) is 56.5 Å². The molecule has 0 spiro atoms. The van der Waals surface area contributed by atoms with Crippen molar-refractivity contribution in [1.29, 1.82) is 0 Å². The molecule has 0 saturated heterocycles. The predicted octanol–water partition coefficient (Wildman–Crippen LogP) is 3.08. The van der Waals surface area contributed by atoms with Crippen LogP contribution >= 0.6 is 0 Å². The largest absolute Gasteiger partial charge is 0.352 e. The Kier molecular flexibility index (Phi) is 8.26. The van der Waals surface area contributed by atoms with Crippen LogP contribution in [-0.4, -0.2) is 54.0 Å². The van der Waals surface area contributed by atoms with E-state index in [1.54, 1.807) is 31.2 Å². The fraction of sp³-hybridized carbons (Fsp3) is 0.400. The van der Waals surface area contributed by atoms with Gasteiger partial charge in [0, 0.05) is 25.6 Å². The minimum absolute atomic E-state index is 0.0364. The van der Waals surface area contributed by atoms with Gasteiger partial charge in [0.05, 0.1) is 5.56 Å². The number of sulfonamides is 1. The van der Waals surface area contributed by atoms with Gasteiger partial charge in [0.2, 0.25) is 11.8 Å². The van der Waals surface area contributed by atoms with Gasteiger partial charge in [-0.15, -0.1) is 0 Å². The van der Waals surface area contributed by atoms with Crippen LogP contribution in [-0.2, 0) is 26.2 Å². The molecule has 0 fully saturated rings. The third-order valence-electron chi connectivity index (χ3n) is 5.75. The molecule has 1 aliphatic heterocycles. The van der Waals surface area contributed by atoms with Crippen molar-refractivity contribution in [3.63, 3.8) is 0 Å². The number of benzene rings is 2. The highest BCUT2D eigenvalue weighted by Gasteiger charge is 2.40. The minimum atomic E-state index is -3.96. The second-order valence-electron chi connectivity index (χ2n) is 8.72. The lowest BCUT2D eigenvalue weighted by Crippen LogP contribution is -2.50. The molecule has 0 radical (unpaired) electrons. The Labute approximate surface area is 205 Å². The molecule has 1 heterocycles. The fourth-order valence-electron chi connectivity index (χ4n) is 4.06. The van der Waals surface area contributed by atoms with Gasteiger partial charge in [0.15, 0.2) is 0 Å². The highest BCUT2D eigenvalue weighted by Crippen LogP contribution is 2.30. The summed E-state index contributed by atoms with van der Waals surface area (Å²) in [6.07, 6.45) is 0.391. The summed E-state index contributed by atoms with van der Waals surface area (Å²) in [6.45, 7) is 5.38. The molecule has 2 aromatic carbocycles. The molecule has 2 aromatic rings. The SMILES string of the molecule is CCC(C(=O)NC(C)C)N(Cc1ccc(F)cc1)C(=O)CCCN1C(=O)c2ccccc2S1(=O)=O. The van der Waals surface area contributed by atoms with Crippen molar-refractivity contribution in [2.45, 2.75) is 63.6 Å². The van der Waals surface area contributed by atoms with E-state index in [2.05, 4.69) is 5.32 Å². The van der Waals surface area contributed by atoms with Crippen LogP contribution in [0.5, 0.6) is 0 Å². The molecule has 3 amide bonds. The van der Waals surface area contributed by atoms with Crippen molar-refractivity contribution in [1.82, 2.24) is 14.5 Å². The van der Waals surface area contributed by atoms with E-state index >= 15 is 0 Å². The number of nitrogens with one attached hydrogen (secondary N) is 1. The summed E-state index contributed by atoms with van der Waals surface area (Å²) in [6, 6.07) is 10.8. The number of halogens is 1. The van der Waals surface area contributed by atoms with Crippen LogP contribution in [0.1, 0.15) is 56.0 Å². The molecule has 188 valence electrons. The number of hydrogen-bond acceptors (Lipinski definition) is 5. The molecule has 0 aliphatic carbocycles. The molecule has 0 aromatic heterocycles. The number of carbonyl (C=O) groups is 3. The summed E-state index contributed by atoms with van der Waals surface area (Å²) in [4.78, 5) is 40.1. The van der Waals surface area contributed by atoms with Gasteiger partial charge in [-0.1, -0.05) is 31.2 Å². The summed E-state index contributed by atoms with van der Waals surface area (Å²) in [7, 11) is -3.96. The topological polar surface area (TPSA) is 104 Å². The van der Waals surface area contributed by atoms with Crippen LogP contribution in [0.2, 0.25) is 0 Å². The Morgan fingerprint density at radius 1 is 1.09 bits per heavy atom. The van der Waals surface area contributed by atoms with Crippen LogP contribution in [0.3, 0.4) is 0 Å². The number of rotatable bonds is 10. The normalized spacial score (nSPS) is 15.1. The van der Waals surface area contributed by atoms with E-state index in [0.717, 1.165) is 4.31 Å². The van der Waals surface area contributed by atoms with E-state index < -0.39 is 27.8 Å². The lowest BCUT2D eigenvalue weighted by atomic mass is 10.1. The summed E-state index contributed by atoms with van der Waals surface area (Å²) in [5, 5.41) is 2.83. The van der Waals surface area contributed by atoms with Crippen LogP contribution in [0.25, 0.3) is 0 Å². The molecule has 1 atom stereocenters. The lowest BCUT2D eigenvalue weighted by molar-refractivity contribution is -0.141. The summed E-state index contributed by atoms with van der Waals surface area (Å²) in [5.41, 5.74) is 0.775. The van der Waals surface area contributed by atoms with E-state index in [1.807, 2.05) is 13.8 Å². The molecule has 10 heteroatoms. The van der Waals surface area contributed by atoms with Crippen molar-refractivity contribution in [3.8, 4) is 0 Å². The fourth-order valence-corrected chi connectivity index (χ4v) is 5.66. The van der Waals surface area contributed by atoms with Crippen LogP contribution in [0, 0.1) is 5.82 Å². The quantitative estimate of drug-likeness (QED) is 0.537. The monoisotopic (exact) mass is 503 g/mol. The Balaban J connectivity index is 1.74. The zero-order valence-electron chi connectivity index (χ0n) is 20.0. The molecule has 3 rings (SSSR count). The van der Waals surface area contributed by atoms with E-state index in [4.69, 9.17) is 0 Å². The van der Waals surface area contributed by atoms with Crippen molar-refractivity contribution >= 4 is 27.7 Å². The first-order valence-electron chi connectivity index (χ1n) is 11.6. The molecule has 8 nitrogen and oxygen atoms in total. The first-order valence-corrected chi connectivity index (χ1v) is 13.0. The number of hydrogen-bond donors (Lipinski definition) is 1. The molecule has 0 saturated carbocycles. The summed E-state index contributed by atoms with van der Waals surface area (Å²) in [5.74, 6) is -1.68. The van der Waals surface area contributed by atoms with Gasteiger partial charge in [-0.3, -0.25) is 14.4 Å². The second-order valence-corrected chi connectivity index (χ2v) is 10.5. The average molecular weight is 504 g/mol. The third-order valence-corrected chi connectivity index (χ3v) is 7.59. The van der Waals surface area contributed by atoms with Gasteiger partial charge >= 0.3 is 0 Å². The van der Waals surface area contributed by atoms with E-state index in [-0.39, 0.29) is 54.2 Å². The minimum Gasteiger partial charge on any atom is -0.352 e. The maximum atomic E-state index is 13.4. The zero-order valence-corrected chi connectivity index (χ0v) is 20.8. The number of fused-ring (bicyclic) bond motifs is 1. The maximum Gasteiger partial charge on any atom is 0.269 e. The third kappa shape index (κ3) is 5.87. The number of carbonyl (C=O) groups excluding carboxylic acids is 3.